The lowest BCUT2D eigenvalue weighted by Gasteiger charge is -2.39. The van der Waals surface area contributed by atoms with Crippen LogP contribution in [-0.2, 0) is 9.59 Å². The zero-order chi connectivity index (χ0) is 12.3. The van der Waals surface area contributed by atoms with Gasteiger partial charge in [-0.2, -0.15) is 0 Å². The van der Waals surface area contributed by atoms with Crippen LogP contribution in [0.2, 0.25) is 0 Å². The van der Waals surface area contributed by atoms with Crippen molar-refractivity contribution in [3.8, 4) is 0 Å². The van der Waals surface area contributed by atoms with E-state index in [2.05, 4.69) is 5.32 Å². The Kier molecular flexibility index (Phi) is 4.29. The van der Waals surface area contributed by atoms with Gasteiger partial charge in [-0.3, -0.25) is 14.5 Å². The Morgan fingerprint density at radius 3 is 2.44 bits per heavy atom. The van der Waals surface area contributed by atoms with Gasteiger partial charge in [0.2, 0.25) is 11.8 Å². The molecule has 1 fully saturated rings. The van der Waals surface area contributed by atoms with E-state index in [4.69, 9.17) is 0 Å². The summed E-state index contributed by atoms with van der Waals surface area (Å²) in [5, 5.41) is 2.64. The molecule has 1 aliphatic heterocycles. The summed E-state index contributed by atoms with van der Waals surface area (Å²) in [6.45, 7) is 5.72. The van der Waals surface area contributed by atoms with Crippen LogP contribution < -0.4 is 5.32 Å². The lowest BCUT2D eigenvalue weighted by atomic mass is 10.1. The van der Waals surface area contributed by atoms with Crippen molar-refractivity contribution in [1.82, 2.24) is 15.1 Å². The number of carbonyl (C=O) groups excluding carboxylic acids is 2. The summed E-state index contributed by atoms with van der Waals surface area (Å²) in [6.07, 6.45) is 0. The zero-order valence-corrected chi connectivity index (χ0v) is 10.5. The second-order valence-electron chi connectivity index (χ2n) is 4.55. The molecule has 0 spiro atoms. The van der Waals surface area contributed by atoms with Crippen LogP contribution in [0.3, 0.4) is 0 Å². The van der Waals surface area contributed by atoms with Crippen LogP contribution in [0.1, 0.15) is 13.8 Å². The van der Waals surface area contributed by atoms with Gasteiger partial charge in [-0.1, -0.05) is 13.8 Å². The molecule has 1 saturated heterocycles. The number of hydrogen-bond acceptors (Lipinski definition) is 3. The Bertz CT molecular complexity index is 278. The first-order valence-corrected chi connectivity index (χ1v) is 5.68. The SMILES string of the molecule is CNC(=O)[C@@H]1CN(C(=O)C(C)C)CCN1C. The number of carbonyl (C=O) groups is 2. The van der Waals surface area contributed by atoms with E-state index in [1.165, 1.54) is 0 Å². The maximum atomic E-state index is 11.8. The molecule has 0 unspecified atom stereocenters. The summed E-state index contributed by atoms with van der Waals surface area (Å²) in [6, 6.07) is -0.221. The monoisotopic (exact) mass is 227 g/mol. The summed E-state index contributed by atoms with van der Waals surface area (Å²) >= 11 is 0. The zero-order valence-electron chi connectivity index (χ0n) is 10.5. The van der Waals surface area contributed by atoms with Gasteiger partial charge in [0.05, 0.1) is 0 Å². The fourth-order valence-corrected chi connectivity index (χ4v) is 1.89. The van der Waals surface area contributed by atoms with Crippen molar-refractivity contribution >= 4 is 11.8 Å². The maximum Gasteiger partial charge on any atom is 0.238 e. The standard InChI is InChI=1S/C11H21N3O2/c1-8(2)11(16)14-6-5-13(4)9(7-14)10(15)12-3/h8-9H,5-7H2,1-4H3,(H,12,15)/t9-/m0/s1. The molecule has 0 radical (unpaired) electrons. The van der Waals surface area contributed by atoms with Gasteiger partial charge < -0.3 is 10.2 Å². The quantitative estimate of drug-likeness (QED) is 0.694. The number of piperazine rings is 1. The third kappa shape index (κ3) is 2.72. The Labute approximate surface area is 96.8 Å². The molecule has 2 amide bonds. The fourth-order valence-electron chi connectivity index (χ4n) is 1.89. The number of likely N-dealkylation sites (N-methyl/N-ethyl adjacent to an activating group) is 2. The van der Waals surface area contributed by atoms with Crippen LogP contribution in [0.25, 0.3) is 0 Å². The summed E-state index contributed by atoms with van der Waals surface area (Å²) in [5.74, 6) is 0.0968. The number of hydrogen-bond donors (Lipinski definition) is 1. The second kappa shape index (κ2) is 5.30. The molecule has 0 aliphatic carbocycles. The molecule has 1 aliphatic rings. The van der Waals surface area contributed by atoms with E-state index < -0.39 is 0 Å². The molecule has 16 heavy (non-hydrogen) atoms. The highest BCUT2D eigenvalue weighted by Gasteiger charge is 2.32. The first kappa shape index (κ1) is 13.0. The first-order valence-electron chi connectivity index (χ1n) is 5.68. The van der Waals surface area contributed by atoms with Crippen LogP contribution in [0.5, 0.6) is 0 Å². The normalized spacial score (nSPS) is 22.3. The van der Waals surface area contributed by atoms with Gasteiger partial charge in [0.1, 0.15) is 6.04 Å². The molecule has 92 valence electrons. The third-order valence-corrected chi connectivity index (χ3v) is 3.00. The van der Waals surface area contributed by atoms with Crippen LogP contribution >= 0.6 is 0 Å². The highest BCUT2D eigenvalue weighted by atomic mass is 16.2. The predicted octanol–water partition coefficient (Wildman–Crippen LogP) is -0.469. The molecule has 5 nitrogen and oxygen atoms in total. The lowest BCUT2D eigenvalue weighted by Crippen LogP contribution is -2.58. The van der Waals surface area contributed by atoms with E-state index in [9.17, 15) is 9.59 Å². The molecular weight excluding hydrogens is 206 g/mol. The molecular formula is C11H21N3O2. The van der Waals surface area contributed by atoms with E-state index in [1.54, 1.807) is 11.9 Å². The Morgan fingerprint density at radius 2 is 1.94 bits per heavy atom. The molecule has 0 saturated carbocycles. The predicted molar refractivity (Wildman–Crippen MR) is 61.9 cm³/mol. The van der Waals surface area contributed by atoms with Crippen LogP contribution in [-0.4, -0.2) is 61.4 Å². The van der Waals surface area contributed by atoms with Gasteiger partial charge in [0.15, 0.2) is 0 Å². The highest BCUT2D eigenvalue weighted by Crippen LogP contribution is 2.11. The van der Waals surface area contributed by atoms with Crippen molar-refractivity contribution < 1.29 is 9.59 Å². The Morgan fingerprint density at radius 1 is 1.31 bits per heavy atom. The van der Waals surface area contributed by atoms with Crippen molar-refractivity contribution in [3.63, 3.8) is 0 Å². The first-order chi connectivity index (χ1) is 7.47. The molecule has 1 atom stereocenters. The molecule has 0 bridgehead atoms. The summed E-state index contributed by atoms with van der Waals surface area (Å²) in [7, 11) is 3.54. The molecule has 0 aromatic heterocycles. The topological polar surface area (TPSA) is 52.7 Å². The summed E-state index contributed by atoms with van der Waals surface area (Å²) in [5.41, 5.74) is 0. The average Bonchev–Trinajstić information content (AvgIpc) is 2.27. The van der Waals surface area contributed by atoms with E-state index in [-0.39, 0.29) is 23.8 Å². The molecule has 1 rings (SSSR count). The number of nitrogens with zero attached hydrogens (tertiary/aromatic N) is 2. The smallest absolute Gasteiger partial charge is 0.238 e. The van der Waals surface area contributed by atoms with Crippen molar-refractivity contribution in [3.05, 3.63) is 0 Å². The van der Waals surface area contributed by atoms with Gasteiger partial charge in [0.25, 0.3) is 0 Å². The molecule has 1 heterocycles. The second-order valence-corrected chi connectivity index (χ2v) is 4.55. The summed E-state index contributed by atoms with van der Waals surface area (Å²) < 4.78 is 0. The van der Waals surface area contributed by atoms with E-state index >= 15 is 0 Å². The Balaban J connectivity index is 2.67. The van der Waals surface area contributed by atoms with Gasteiger partial charge in [0, 0.05) is 32.6 Å². The maximum absolute atomic E-state index is 11.8. The minimum Gasteiger partial charge on any atom is -0.358 e. The average molecular weight is 227 g/mol. The van der Waals surface area contributed by atoms with Crippen LogP contribution in [0, 0.1) is 5.92 Å². The van der Waals surface area contributed by atoms with E-state index in [1.807, 2.05) is 25.8 Å². The minimum atomic E-state index is -0.221. The molecule has 5 heteroatoms. The lowest BCUT2D eigenvalue weighted by molar-refractivity contribution is -0.139. The van der Waals surface area contributed by atoms with E-state index in [0.29, 0.717) is 13.1 Å². The van der Waals surface area contributed by atoms with Gasteiger partial charge in [-0.05, 0) is 7.05 Å². The van der Waals surface area contributed by atoms with Crippen molar-refractivity contribution in [1.29, 1.82) is 0 Å². The van der Waals surface area contributed by atoms with Crippen LogP contribution in [0.4, 0.5) is 0 Å². The number of nitrogens with one attached hydrogen (secondary N) is 1. The molecule has 0 aromatic carbocycles. The van der Waals surface area contributed by atoms with Crippen molar-refractivity contribution in [2.45, 2.75) is 19.9 Å². The molecule has 1 N–H and O–H groups in total. The third-order valence-electron chi connectivity index (χ3n) is 3.00. The van der Waals surface area contributed by atoms with Gasteiger partial charge >= 0.3 is 0 Å². The molecule has 0 aromatic rings. The Hall–Kier alpha value is -1.10. The number of rotatable bonds is 2. The van der Waals surface area contributed by atoms with E-state index in [0.717, 1.165) is 6.54 Å². The van der Waals surface area contributed by atoms with Gasteiger partial charge in [-0.15, -0.1) is 0 Å². The largest absolute Gasteiger partial charge is 0.358 e. The fraction of sp³-hybridized carbons (Fsp3) is 0.818. The van der Waals surface area contributed by atoms with Crippen LogP contribution in [0.15, 0.2) is 0 Å². The van der Waals surface area contributed by atoms with Crippen molar-refractivity contribution in [2.24, 2.45) is 5.92 Å². The van der Waals surface area contributed by atoms with Gasteiger partial charge in [-0.25, -0.2) is 0 Å². The van der Waals surface area contributed by atoms with Crippen molar-refractivity contribution in [2.75, 3.05) is 33.7 Å². The highest BCUT2D eigenvalue weighted by molar-refractivity contribution is 5.84. The summed E-state index contributed by atoms with van der Waals surface area (Å²) in [4.78, 5) is 27.2. The number of amides is 2. The minimum absolute atomic E-state index is 0.00579.